The molecule has 0 bridgehead atoms. The maximum Gasteiger partial charge on any atom is 0.323 e. The third-order valence-corrected chi connectivity index (χ3v) is 4.01. The Balaban J connectivity index is 1.67. The molecule has 112 valence electrons. The Morgan fingerprint density at radius 1 is 1.52 bits per heavy atom. The van der Waals surface area contributed by atoms with Crippen molar-refractivity contribution < 1.29 is 4.79 Å². The number of H-pyrrole nitrogens is 2. The van der Waals surface area contributed by atoms with Crippen LogP contribution in [0.4, 0.5) is 0 Å². The molecule has 0 radical (unpaired) electrons. The van der Waals surface area contributed by atoms with E-state index in [1.165, 1.54) is 6.20 Å². The maximum atomic E-state index is 12.3. The van der Waals surface area contributed by atoms with Crippen molar-refractivity contribution in [3.05, 3.63) is 40.6 Å². The summed E-state index contributed by atoms with van der Waals surface area (Å²) in [6, 6.07) is 0. The number of aromatic nitrogens is 4. The highest BCUT2D eigenvalue weighted by Crippen LogP contribution is 2.20. The summed E-state index contributed by atoms with van der Waals surface area (Å²) in [6.07, 6.45) is 7.30. The first-order chi connectivity index (χ1) is 10.1. The number of piperidine rings is 1. The molecule has 21 heavy (non-hydrogen) atoms. The lowest BCUT2D eigenvalue weighted by Crippen LogP contribution is -2.41. The van der Waals surface area contributed by atoms with Gasteiger partial charge in [0.1, 0.15) is 11.5 Å². The molecule has 7 heteroatoms. The number of carbonyl (C=O) groups is 1. The lowest BCUT2D eigenvalue weighted by Gasteiger charge is -2.32. The van der Waals surface area contributed by atoms with E-state index in [1.54, 1.807) is 6.20 Å². The zero-order valence-corrected chi connectivity index (χ0v) is 12.0. The van der Waals surface area contributed by atoms with E-state index in [4.69, 9.17) is 0 Å². The Morgan fingerprint density at radius 3 is 3.05 bits per heavy atom. The van der Waals surface area contributed by atoms with Crippen molar-refractivity contribution in [2.24, 2.45) is 5.92 Å². The number of aryl methyl sites for hydroxylation is 1. The number of nitrogens with one attached hydrogen (secondary N) is 2. The smallest absolute Gasteiger partial charge is 0.323 e. The summed E-state index contributed by atoms with van der Waals surface area (Å²) < 4.78 is 2.12. The van der Waals surface area contributed by atoms with Gasteiger partial charge in [0.25, 0.3) is 5.91 Å². The van der Waals surface area contributed by atoms with Crippen LogP contribution < -0.4 is 5.69 Å². The molecule has 1 aliphatic rings. The fraction of sp³-hybridized carbons (Fsp3) is 0.500. The highest BCUT2D eigenvalue weighted by Gasteiger charge is 2.25. The summed E-state index contributed by atoms with van der Waals surface area (Å²) in [4.78, 5) is 34.5. The van der Waals surface area contributed by atoms with Gasteiger partial charge in [0.05, 0.1) is 0 Å². The molecule has 1 saturated heterocycles. The summed E-state index contributed by atoms with van der Waals surface area (Å²) in [5.74, 6) is 1.30. The fourth-order valence-corrected chi connectivity index (χ4v) is 2.89. The molecule has 0 unspecified atom stereocenters. The predicted molar refractivity (Wildman–Crippen MR) is 77.0 cm³/mol. The normalized spacial score (nSPS) is 18.9. The van der Waals surface area contributed by atoms with E-state index in [0.29, 0.717) is 18.2 Å². The quantitative estimate of drug-likeness (QED) is 0.874. The van der Waals surface area contributed by atoms with E-state index < -0.39 is 0 Å². The van der Waals surface area contributed by atoms with Crippen molar-refractivity contribution >= 4 is 5.91 Å². The minimum absolute atomic E-state index is 0.111. The topological polar surface area (TPSA) is 86.8 Å². The molecule has 1 fully saturated rings. The Labute approximate surface area is 122 Å². The minimum Gasteiger partial charge on any atom is -0.337 e. The number of nitrogens with zero attached hydrogens (tertiary/aromatic N) is 3. The van der Waals surface area contributed by atoms with Crippen LogP contribution in [-0.4, -0.2) is 43.4 Å². The number of imidazole rings is 2. The summed E-state index contributed by atoms with van der Waals surface area (Å²) >= 11 is 0. The standard InChI is InChI=1S/C14H19N5O2/c1-10-15-4-6-18(10)8-11-3-2-5-19(9-11)13(20)12-7-16-14(21)17-12/h4,6-7,11H,2-3,5,8-9H2,1H3,(H2,16,17,21)/t11-/m1/s1. The summed E-state index contributed by atoms with van der Waals surface area (Å²) in [6.45, 7) is 4.31. The molecule has 3 rings (SSSR count). The predicted octanol–water partition coefficient (Wildman–Crippen LogP) is 0.760. The molecule has 2 aromatic heterocycles. The fourth-order valence-electron chi connectivity index (χ4n) is 2.89. The van der Waals surface area contributed by atoms with Crippen LogP contribution in [0.15, 0.2) is 23.4 Å². The van der Waals surface area contributed by atoms with E-state index in [2.05, 4.69) is 19.5 Å². The summed E-state index contributed by atoms with van der Waals surface area (Å²) in [5, 5.41) is 0. The van der Waals surface area contributed by atoms with Gasteiger partial charge in [0.2, 0.25) is 0 Å². The third-order valence-electron chi connectivity index (χ3n) is 4.01. The van der Waals surface area contributed by atoms with E-state index in [-0.39, 0.29) is 11.6 Å². The van der Waals surface area contributed by atoms with Crippen molar-refractivity contribution in [2.45, 2.75) is 26.3 Å². The molecular weight excluding hydrogens is 270 g/mol. The zero-order valence-electron chi connectivity index (χ0n) is 12.0. The number of likely N-dealkylation sites (tertiary alicyclic amines) is 1. The Hall–Kier alpha value is -2.31. The van der Waals surface area contributed by atoms with Crippen LogP contribution in [0.3, 0.4) is 0 Å². The van der Waals surface area contributed by atoms with Gasteiger partial charge in [-0.25, -0.2) is 9.78 Å². The minimum atomic E-state index is -0.346. The molecule has 7 nitrogen and oxygen atoms in total. The van der Waals surface area contributed by atoms with Gasteiger partial charge >= 0.3 is 5.69 Å². The summed E-state index contributed by atoms with van der Waals surface area (Å²) in [7, 11) is 0. The Bertz CT molecular complexity index is 683. The first-order valence-corrected chi connectivity index (χ1v) is 7.18. The number of rotatable bonds is 3. The average molecular weight is 289 g/mol. The molecule has 0 aromatic carbocycles. The first kappa shape index (κ1) is 13.7. The second kappa shape index (κ2) is 5.59. The van der Waals surface area contributed by atoms with Gasteiger partial charge in [0, 0.05) is 38.2 Å². The second-order valence-electron chi connectivity index (χ2n) is 5.54. The zero-order chi connectivity index (χ0) is 14.8. The van der Waals surface area contributed by atoms with Crippen molar-refractivity contribution in [3.8, 4) is 0 Å². The monoisotopic (exact) mass is 289 g/mol. The molecule has 0 saturated carbocycles. The SMILES string of the molecule is Cc1nccn1C[C@H]1CCCN(C(=O)c2c[nH]c(=O)[nH]2)C1. The molecule has 1 atom stereocenters. The third kappa shape index (κ3) is 2.91. The van der Waals surface area contributed by atoms with Crippen LogP contribution >= 0.6 is 0 Å². The van der Waals surface area contributed by atoms with Crippen LogP contribution in [0.5, 0.6) is 0 Å². The molecule has 0 aliphatic carbocycles. The molecule has 2 N–H and O–H groups in total. The van der Waals surface area contributed by atoms with E-state index in [0.717, 1.165) is 31.8 Å². The van der Waals surface area contributed by atoms with Gasteiger partial charge in [-0.05, 0) is 25.7 Å². The van der Waals surface area contributed by atoms with Crippen LogP contribution in [-0.2, 0) is 6.54 Å². The number of carbonyl (C=O) groups excluding carboxylic acids is 1. The second-order valence-corrected chi connectivity index (χ2v) is 5.54. The lowest BCUT2D eigenvalue weighted by molar-refractivity contribution is 0.0656. The van der Waals surface area contributed by atoms with Crippen LogP contribution in [0.25, 0.3) is 0 Å². The van der Waals surface area contributed by atoms with Crippen molar-refractivity contribution in [2.75, 3.05) is 13.1 Å². The Morgan fingerprint density at radius 2 is 2.38 bits per heavy atom. The van der Waals surface area contributed by atoms with Gasteiger partial charge in [-0.1, -0.05) is 0 Å². The van der Waals surface area contributed by atoms with E-state index in [1.807, 2.05) is 18.0 Å². The summed E-state index contributed by atoms with van der Waals surface area (Å²) in [5.41, 5.74) is -0.0135. The van der Waals surface area contributed by atoms with E-state index in [9.17, 15) is 9.59 Å². The first-order valence-electron chi connectivity index (χ1n) is 7.18. The number of hydrogen-bond donors (Lipinski definition) is 2. The van der Waals surface area contributed by atoms with Gasteiger partial charge in [0.15, 0.2) is 0 Å². The van der Waals surface area contributed by atoms with Crippen LogP contribution in [0.2, 0.25) is 0 Å². The molecule has 2 aromatic rings. The molecule has 3 heterocycles. The van der Waals surface area contributed by atoms with E-state index >= 15 is 0 Å². The molecule has 1 aliphatic heterocycles. The highest BCUT2D eigenvalue weighted by atomic mass is 16.2. The van der Waals surface area contributed by atoms with Gasteiger partial charge in [-0.3, -0.25) is 4.79 Å². The van der Waals surface area contributed by atoms with Crippen LogP contribution in [0, 0.1) is 12.8 Å². The van der Waals surface area contributed by atoms with Gasteiger partial charge in [-0.15, -0.1) is 0 Å². The number of hydrogen-bond acceptors (Lipinski definition) is 3. The van der Waals surface area contributed by atoms with Crippen molar-refractivity contribution in [1.82, 2.24) is 24.4 Å². The van der Waals surface area contributed by atoms with Crippen molar-refractivity contribution in [3.63, 3.8) is 0 Å². The molecular formula is C14H19N5O2. The number of aromatic amines is 2. The highest BCUT2D eigenvalue weighted by molar-refractivity contribution is 5.92. The van der Waals surface area contributed by atoms with Gasteiger partial charge < -0.3 is 19.4 Å². The van der Waals surface area contributed by atoms with Gasteiger partial charge in [-0.2, -0.15) is 0 Å². The number of amides is 1. The molecule has 0 spiro atoms. The average Bonchev–Trinajstić information content (AvgIpc) is 3.08. The maximum absolute atomic E-state index is 12.3. The van der Waals surface area contributed by atoms with Crippen molar-refractivity contribution in [1.29, 1.82) is 0 Å². The molecule has 1 amide bonds. The largest absolute Gasteiger partial charge is 0.337 e. The lowest BCUT2D eigenvalue weighted by atomic mass is 9.97. The Kier molecular flexibility index (Phi) is 3.64. The van der Waals surface area contributed by atoms with Crippen LogP contribution in [0.1, 0.15) is 29.2 Å².